The van der Waals surface area contributed by atoms with Gasteiger partial charge < -0.3 is 9.47 Å². The van der Waals surface area contributed by atoms with Gasteiger partial charge in [-0.15, -0.1) is 10.2 Å². The van der Waals surface area contributed by atoms with Gasteiger partial charge in [-0.3, -0.25) is 5.26 Å². The summed E-state index contributed by atoms with van der Waals surface area (Å²) in [5, 5.41) is 19.0. The SMILES string of the molecule is CCOCCOc1ccc(-c2ccc(-c3nnc(-c4ccc(COO)cc4)s3)cc2)cc1. The van der Waals surface area contributed by atoms with Gasteiger partial charge in [0.15, 0.2) is 0 Å². The first-order chi connectivity index (χ1) is 15.8. The Morgan fingerprint density at radius 1 is 0.719 bits per heavy atom. The van der Waals surface area contributed by atoms with Crippen LogP contribution < -0.4 is 4.74 Å². The normalized spacial score (nSPS) is 10.9. The molecule has 0 radical (unpaired) electrons. The quantitative estimate of drug-likeness (QED) is 0.184. The van der Waals surface area contributed by atoms with Crippen molar-refractivity contribution in [1.82, 2.24) is 10.2 Å². The van der Waals surface area contributed by atoms with Crippen LogP contribution in [0.5, 0.6) is 5.75 Å². The molecule has 0 bridgehead atoms. The molecule has 0 aliphatic heterocycles. The monoisotopic (exact) mass is 448 g/mol. The third kappa shape index (κ3) is 5.57. The van der Waals surface area contributed by atoms with E-state index in [1.54, 1.807) is 11.3 Å². The van der Waals surface area contributed by atoms with Crippen LogP contribution in [0.2, 0.25) is 0 Å². The highest BCUT2D eigenvalue weighted by Gasteiger charge is 2.09. The molecule has 0 aliphatic carbocycles. The second-order valence-electron chi connectivity index (χ2n) is 7.03. The van der Waals surface area contributed by atoms with Crippen molar-refractivity contribution in [3.05, 3.63) is 78.4 Å². The molecule has 3 aromatic carbocycles. The fourth-order valence-corrected chi connectivity index (χ4v) is 4.04. The van der Waals surface area contributed by atoms with E-state index in [-0.39, 0.29) is 6.61 Å². The zero-order chi connectivity index (χ0) is 22.2. The highest BCUT2D eigenvalue weighted by molar-refractivity contribution is 7.17. The Kier molecular flexibility index (Phi) is 7.58. The van der Waals surface area contributed by atoms with E-state index in [2.05, 4.69) is 51.5 Å². The van der Waals surface area contributed by atoms with E-state index < -0.39 is 0 Å². The number of hydrogen-bond donors (Lipinski definition) is 1. The van der Waals surface area contributed by atoms with Crippen molar-refractivity contribution in [1.29, 1.82) is 0 Å². The van der Waals surface area contributed by atoms with Crippen LogP contribution in [-0.2, 0) is 16.2 Å². The molecule has 0 atom stereocenters. The lowest BCUT2D eigenvalue weighted by Crippen LogP contribution is -2.06. The minimum Gasteiger partial charge on any atom is -0.491 e. The van der Waals surface area contributed by atoms with Crippen molar-refractivity contribution in [3.63, 3.8) is 0 Å². The second-order valence-corrected chi connectivity index (χ2v) is 8.01. The summed E-state index contributed by atoms with van der Waals surface area (Å²) < 4.78 is 11.0. The lowest BCUT2D eigenvalue weighted by molar-refractivity contribution is -0.253. The highest BCUT2D eigenvalue weighted by Crippen LogP contribution is 2.31. The molecule has 1 aromatic heterocycles. The summed E-state index contributed by atoms with van der Waals surface area (Å²) in [5.74, 6) is 0.836. The van der Waals surface area contributed by atoms with Gasteiger partial charge in [-0.1, -0.05) is 72.0 Å². The summed E-state index contributed by atoms with van der Waals surface area (Å²) in [4.78, 5) is 4.17. The average molecular weight is 449 g/mol. The van der Waals surface area contributed by atoms with Gasteiger partial charge in [0.25, 0.3) is 0 Å². The number of benzene rings is 3. The first-order valence-corrected chi connectivity index (χ1v) is 11.2. The number of nitrogens with zero attached hydrogens (tertiary/aromatic N) is 2. The molecule has 7 heteroatoms. The first kappa shape index (κ1) is 22.1. The van der Waals surface area contributed by atoms with Crippen molar-refractivity contribution in [3.8, 4) is 38.0 Å². The van der Waals surface area contributed by atoms with Gasteiger partial charge in [0, 0.05) is 17.7 Å². The van der Waals surface area contributed by atoms with Gasteiger partial charge in [-0.2, -0.15) is 0 Å². The van der Waals surface area contributed by atoms with E-state index in [0.29, 0.717) is 19.8 Å². The maximum Gasteiger partial charge on any atom is 0.148 e. The standard InChI is InChI=1S/C25H24N2O4S/c1-2-29-15-16-30-23-13-11-20(12-14-23)19-7-9-22(10-8-19)25-27-26-24(32-25)21-5-3-18(4-6-21)17-31-28/h3-14,28H,2,15-17H2,1H3. The predicted octanol–water partition coefficient (Wildman–Crippen LogP) is 5.94. The fraction of sp³-hybridized carbons (Fsp3) is 0.200. The molecule has 0 saturated heterocycles. The third-order valence-electron chi connectivity index (χ3n) is 4.88. The highest BCUT2D eigenvalue weighted by atomic mass is 32.1. The molecule has 0 spiro atoms. The van der Waals surface area contributed by atoms with Gasteiger partial charge in [0.2, 0.25) is 0 Å². The summed E-state index contributed by atoms with van der Waals surface area (Å²) in [6.45, 7) is 3.98. The summed E-state index contributed by atoms with van der Waals surface area (Å²) in [6.07, 6.45) is 0. The molecule has 4 aromatic rings. The molecule has 0 aliphatic rings. The van der Waals surface area contributed by atoms with Gasteiger partial charge >= 0.3 is 0 Å². The molecule has 6 nitrogen and oxygen atoms in total. The van der Waals surface area contributed by atoms with Crippen LogP contribution in [0.1, 0.15) is 12.5 Å². The fourth-order valence-electron chi connectivity index (χ4n) is 3.19. The lowest BCUT2D eigenvalue weighted by Gasteiger charge is -2.08. The second kappa shape index (κ2) is 11.0. The first-order valence-electron chi connectivity index (χ1n) is 10.4. The number of hydrogen-bond acceptors (Lipinski definition) is 7. The van der Waals surface area contributed by atoms with Crippen LogP contribution in [0.15, 0.2) is 72.8 Å². The van der Waals surface area contributed by atoms with Crippen molar-refractivity contribution in [2.45, 2.75) is 13.5 Å². The molecule has 0 amide bonds. The van der Waals surface area contributed by atoms with Crippen molar-refractivity contribution in [2.24, 2.45) is 0 Å². The summed E-state index contributed by atoms with van der Waals surface area (Å²) in [7, 11) is 0. The molecule has 0 unspecified atom stereocenters. The smallest absolute Gasteiger partial charge is 0.148 e. The van der Waals surface area contributed by atoms with E-state index in [1.807, 2.05) is 43.3 Å². The average Bonchev–Trinajstić information content (AvgIpc) is 3.34. The van der Waals surface area contributed by atoms with Crippen LogP contribution >= 0.6 is 11.3 Å². The Morgan fingerprint density at radius 3 is 1.81 bits per heavy atom. The molecule has 1 heterocycles. The molecule has 32 heavy (non-hydrogen) atoms. The Bertz CT molecular complexity index is 1110. The van der Waals surface area contributed by atoms with Crippen LogP contribution in [0.3, 0.4) is 0 Å². The molecular formula is C25H24N2O4S. The van der Waals surface area contributed by atoms with E-state index in [9.17, 15) is 0 Å². The molecular weight excluding hydrogens is 424 g/mol. The molecule has 1 N–H and O–H groups in total. The predicted molar refractivity (Wildman–Crippen MR) is 126 cm³/mol. The van der Waals surface area contributed by atoms with E-state index in [0.717, 1.165) is 43.6 Å². The Balaban J connectivity index is 1.41. The lowest BCUT2D eigenvalue weighted by atomic mass is 10.0. The molecule has 0 fully saturated rings. The van der Waals surface area contributed by atoms with Crippen LogP contribution in [0.4, 0.5) is 0 Å². The number of aromatic nitrogens is 2. The van der Waals surface area contributed by atoms with E-state index in [1.165, 1.54) is 0 Å². The molecule has 0 saturated carbocycles. The summed E-state index contributed by atoms with van der Waals surface area (Å²) >= 11 is 1.54. The molecule has 164 valence electrons. The Hall–Kier alpha value is -3.10. The number of ether oxygens (including phenoxy) is 2. The summed E-state index contributed by atoms with van der Waals surface area (Å²) in [6, 6.07) is 24.1. The zero-order valence-electron chi connectivity index (χ0n) is 17.7. The van der Waals surface area contributed by atoms with Gasteiger partial charge in [-0.05, 0) is 35.7 Å². The van der Waals surface area contributed by atoms with Crippen LogP contribution in [0, 0.1) is 0 Å². The van der Waals surface area contributed by atoms with Gasteiger partial charge in [-0.25, -0.2) is 4.89 Å². The van der Waals surface area contributed by atoms with E-state index >= 15 is 0 Å². The van der Waals surface area contributed by atoms with Crippen molar-refractivity contribution >= 4 is 11.3 Å². The van der Waals surface area contributed by atoms with Gasteiger partial charge in [0.1, 0.15) is 29.0 Å². The largest absolute Gasteiger partial charge is 0.491 e. The van der Waals surface area contributed by atoms with Crippen molar-refractivity contribution in [2.75, 3.05) is 19.8 Å². The van der Waals surface area contributed by atoms with Crippen LogP contribution in [-0.4, -0.2) is 35.3 Å². The third-order valence-corrected chi connectivity index (χ3v) is 5.90. The Labute approximate surface area is 191 Å². The zero-order valence-corrected chi connectivity index (χ0v) is 18.5. The summed E-state index contributed by atoms with van der Waals surface area (Å²) in [5.41, 5.74) is 5.15. The topological polar surface area (TPSA) is 73.7 Å². The number of rotatable bonds is 10. The minimum atomic E-state index is 0.164. The van der Waals surface area contributed by atoms with Crippen molar-refractivity contribution < 1.29 is 19.6 Å². The maximum absolute atomic E-state index is 8.56. The van der Waals surface area contributed by atoms with E-state index in [4.69, 9.17) is 14.7 Å². The minimum absolute atomic E-state index is 0.164. The van der Waals surface area contributed by atoms with Crippen LogP contribution in [0.25, 0.3) is 32.3 Å². The Morgan fingerprint density at radius 2 is 1.25 bits per heavy atom. The molecule has 4 rings (SSSR count). The maximum atomic E-state index is 8.56. The van der Waals surface area contributed by atoms with Gasteiger partial charge in [0.05, 0.1) is 6.61 Å².